The SMILES string of the molecule is CCCCCC(=O)NC(C)CC(=O)NC(CC)CC(C)C(=O)O. The second kappa shape index (κ2) is 11.9. The molecule has 0 bridgehead atoms. The molecule has 0 aromatic rings. The Kier molecular flexibility index (Phi) is 11.1. The number of unbranched alkanes of at least 4 members (excludes halogenated alkanes) is 2. The zero-order valence-corrected chi connectivity index (χ0v) is 14.9. The lowest BCUT2D eigenvalue weighted by atomic mass is 10.00. The highest BCUT2D eigenvalue weighted by atomic mass is 16.4. The molecule has 0 aromatic heterocycles. The van der Waals surface area contributed by atoms with E-state index >= 15 is 0 Å². The van der Waals surface area contributed by atoms with Gasteiger partial charge in [0.1, 0.15) is 0 Å². The average Bonchev–Trinajstić information content (AvgIpc) is 2.46. The van der Waals surface area contributed by atoms with E-state index in [1.165, 1.54) is 0 Å². The van der Waals surface area contributed by atoms with Gasteiger partial charge in [-0.05, 0) is 26.2 Å². The first-order valence-electron chi connectivity index (χ1n) is 8.61. The highest BCUT2D eigenvalue weighted by molar-refractivity contribution is 5.79. The molecule has 0 saturated carbocycles. The number of rotatable bonds is 12. The summed E-state index contributed by atoms with van der Waals surface area (Å²) in [6, 6.07) is -0.375. The molecule has 6 heteroatoms. The number of nitrogens with one attached hydrogen (secondary N) is 2. The minimum absolute atomic E-state index is 0.0229. The third-order valence-electron chi connectivity index (χ3n) is 3.82. The van der Waals surface area contributed by atoms with Crippen LogP contribution in [-0.4, -0.2) is 35.0 Å². The molecule has 0 saturated heterocycles. The molecule has 3 atom stereocenters. The molecule has 0 heterocycles. The second-order valence-electron chi connectivity index (χ2n) is 6.28. The lowest BCUT2D eigenvalue weighted by molar-refractivity contribution is -0.141. The van der Waals surface area contributed by atoms with Crippen LogP contribution in [0.1, 0.15) is 72.6 Å². The predicted octanol–water partition coefficient (Wildman–Crippen LogP) is 2.47. The van der Waals surface area contributed by atoms with Crippen LogP contribution in [0, 0.1) is 5.92 Å². The maximum Gasteiger partial charge on any atom is 0.306 e. The quantitative estimate of drug-likeness (QED) is 0.480. The van der Waals surface area contributed by atoms with Crippen LogP contribution in [0.4, 0.5) is 0 Å². The van der Waals surface area contributed by atoms with Gasteiger partial charge in [-0.3, -0.25) is 14.4 Å². The van der Waals surface area contributed by atoms with E-state index in [4.69, 9.17) is 5.11 Å². The maximum atomic E-state index is 12.0. The fraction of sp³-hybridized carbons (Fsp3) is 0.824. The van der Waals surface area contributed by atoms with Crippen LogP contribution in [0.5, 0.6) is 0 Å². The van der Waals surface area contributed by atoms with E-state index in [0.29, 0.717) is 19.3 Å². The molecule has 6 nitrogen and oxygen atoms in total. The second-order valence-corrected chi connectivity index (χ2v) is 6.28. The Morgan fingerprint density at radius 1 is 1.00 bits per heavy atom. The Balaban J connectivity index is 4.14. The van der Waals surface area contributed by atoms with Crippen molar-refractivity contribution in [1.29, 1.82) is 0 Å². The van der Waals surface area contributed by atoms with E-state index in [-0.39, 0.29) is 30.3 Å². The average molecular weight is 328 g/mol. The van der Waals surface area contributed by atoms with Gasteiger partial charge in [-0.25, -0.2) is 0 Å². The first-order valence-corrected chi connectivity index (χ1v) is 8.61. The third-order valence-corrected chi connectivity index (χ3v) is 3.82. The lowest BCUT2D eigenvalue weighted by Crippen LogP contribution is -2.41. The molecule has 134 valence electrons. The van der Waals surface area contributed by atoms with Crippen molar-refractivity contribution in [2.45, 2.75) is 84.7 Å². The van der Waals surface area contributed by atoms with Gasteiger partial charge in [0.2, 0.25) is 11.8 Å². The van der Waals surface area contributed by atoms with Gasteiger partial charge >= 0.3 is 5.97 Å². The van der Waals surface area contributed by atoms with E-state index in [2.05, 4.69) is 17.6 Å². The molecule has 2 amide bonds. The summed E-state index contributed by atoms with van der Waals surface area (Å²) >= 11 is 0. The number of hydrogen-bond acceptors (Lipinski definition) is 3. The Hall–Kier alpha value is -1.59. The van der Waals surface area contributed by atoms with Crippen LogP contribution in [0.25, 0.3) is 0 Å². The standard InChI is InChI=1S/C17H32N2O4/c1-5-7-8-9-15(20)18-13(4)11-16(21)19-14(6-2)10-12(3)17(22)23/h12-14H,5-11H2,1-4H3,(H,18,20)(H,19,21)(H,22,23). The highest BCUT2D eigenvalue weighted by Gasteiger charge is 2.19. The van der Waals surface area contributed by atoms with Gasteiger partial charge in [-0.2, -0.15) is 0 Å². The van der Waals surface area contributed by atoms with Crippen LogP contribution >= 0.6 is 0 Å². The van der Waals surface area contributed by atoms with E-state index in [9.17, 15) is 14.4 Å². The normalized spacial score (nSPS) is 14.6. The molecular weight excluding hydrogens is 296 g/mol. The molecule has 23 heavy (non-hydrogen) atoms. The van der Waals surface area contributed by atoms with Gasteiger partial charge < -0.3 is 15.7 Å². The molecule has 0 fully saturated rings. The summed E-state index contributed by atoms with van der Waals surface area (Å²) < 4.78 is 0. The largest absolute Gasteiger partial charge is 0.481 e. The Labute approximate surface area is 139 Å². The van der Waals surface area contributed by atoms with Crippen LogP contribution in [0.3, 0.4) is 0 Å². The molecule has 0 aromatic carbocycles. The number of carboxylic acid groups (broad SMARTS) is 1. The number of amides is 2. The van der Waals surface area contributed by atoms with E-state index < -0.39 is 11.9 Å². The van der Waals surface area contributed by atoms with Crippen LogP contribution < -0.4 is 10.6 Å². The van der Waals surface area contributed by atoms with E-state index in [1.54, 1.807) is 13.8 Å². The summed E-state index contributed by atoms with van der Waals surface area (Å²) in [5.41, 5.74) is 0. The number of carboxylic acids is 1. The minimum Gasteiger partial charge on any atom is -0.481 e. The zero-order chi connectivity index (χ0) is 17.8. The Morgan fingerprint density at radius 2 is 1.65 bits per heavy atom. The van der Waals surface area contributed by atoms with Gasteiger partial charge in [-0.1, -0.05) is 33.6 Å². The summed E-state index contributed by atoms with van der Waals surface area (Å²) in [7, 11) is 0. The van der Waals surface area contributed by atoms with E-state index in [0.717, 1.165) is 19.3 Å². The molecule has 0 radical (unpaired) electrons. The molecule has 0 aliphatic rings. The van der Waals surface area contributed by atoms with Crippen LogP contribution in [-0.2, 0) is 14.4 Å². The fourth-order valence-electron chi connectivity index (χ4n) is 2.35. The first kappa shape index (κ1) is 21.4. The van der Waals surface area contributed by atoms with Crippen molar-refractivity contribution in [3.05, 3.63) is 0 Å². The lowest BCUT2D eigenvalue weighted by Gasteiger charge is -2.20. The van der Waals surface area contributed by atoms with Gasteiger partial charge in [0.05, 0.1) is 5.92 Å². The molecule has 0 aliphatic carbocycles. The van der Waals surface area contributed by atoms with Crippen molar-refractivity contribution in [2.24, 2.45) is 5.92 Å². The van der Waals surface area contributed by atoms with Crippen molar-refractivity contribution in [1.82, 2.24) is 10.6 Å². The molecule has 3 N–H and O–H groups in total. The highest BCUT2D eigenvalue weighted by Crippen LogP contribution is 2.09. The van der Waals surface area contributed by atoms with Gasteiger partial charge in [0.15, 0.2) is 0 Å². The summed E-state index contributed by atoms with van der Waals surface area (Å²) in [4.78, 5) is 34.6. The summed E-state index contributed by atoms with van der Waals surface area (Å²) in [6.07, 6.45) is 4.76. The molecular formula is C17H32N2O4. The predicted molar refractivity (Wildman–Crippen MR) is 90.0 cm³/mol. The topological polar surface area (TPSA) is 95.5 Å². The number of carbonyl (C=O) groups excluding carboxylic acids is 2. The first-order chi connectivity index (χ1) is 10.8. The summed E-state index contributed by atoms with van der Waals surface area (Å²) in [5.74, 6) is -1.53. The fourth-order valence-corrected chi connectivity index (χ4v) is 2.35. The molecule has 0 aliphatic heterocycles. The molecule has 0 rings (SSSR count). The maximum absolute atomic E-state index is 12.0. The summed E-state index contributed by atoms with van der Waals surface area (Å²) in [6.45, 7) is 7.44. The van der Waals surface area contributed by atoms with Crippen LogP contribution in [0.2, 0.25) is 0 Å². The Morgan fingerprint density at radius 3 is 2.17 bits per heavy atom. The zero-order valence-electron chi connectivity index (χ0n) is 14.9. The smallest absolute Gasteiger partial charge is 0.306 e. The number of aliphatic carboxylic acids is 1. The van der Waals surface area contributed by atoms with Crippen molar-refractivity contribution < 1.29 is 19.5 Å². The number of carbonyl (C=O) groups is 3. The van der Waals surface area contributed by atoms with Crippen molar-refractivity contribution in [3.63, 3.8) is 0 Å². The van der Waals surface area contributed by atoms with Crippen molar-refractivity contribution >= 4 is 17.8 Å². The third kappa shape index (κ3) is 10.7. The van der Waals surface area contributed by atoms with E-state index in [1.807, 2.05) is 6.92 Å². The van der Waals surface area contributed by atoms with Crippen molar-refractivity contribution in [3.8, 4) is 0 Å². The van der Waals surface area contributed by atoms with Gasteiger partial charge in [0, 0.05) is 24.9 Å². The Bertz CT molecular complexity index is 385. The number of hydrogen-bond donors (Lipinski definition) is 3. The minimum atomic E-state index is -0.856. The van der Waals surface area contributed by atoms with Crippen LogP contribution in [0.15, 0.2) is 0 Å². The molecule has 3 unspecified atom stereocenters. The van der Waals surface area contributed by atoms with Gasteiger partial charge in [0.25, 0.3) is 0 Å². The van der Waals surface area contributed by atoms with Crippen molar-refractivity contribution in [2.75, 3.05) is 0 Å². The van der Waals surface area contributed by atoms with Gasteiger partial charge in [-0.15, -0.1) is 0 Å². The monoisotopic (exact) mass is 328 g/mol. The summed E-state index contributed by atoms with van der Waals surface area (Å²) in [5, 5.41) is 14.6. The molecule has 0 spiro atoms.